The predicted molar refractivity (Wildman–Crippen MR) is 67.9 cm³/mol. The molecule has 0 nitrogen and oxygen atoms in total. The number of rotatable bonds is 0. The van der Waals surface area contributed by atoms with Crippen LogP contribution in [0.5, 0.6) is 0 Å². The molecule has 0 aromatic heterocycles. The first-order valence-electron chi connectivity index (χ1n) is 4.84. The Hall–Kier alpha value is -0.340. The average Bonchev–Trinajstić information content (AvgIpc) is 2.25. The summed E-state index contributed by atoms with van der Waals surface area (Å²) in [5.41, 5.74) is 3.03. The lowest BCUT2D eigenvalue weighted by Crippen LogP contribution is -1.92. The van der Waals surface area contributed by atoms with Crippen molar-refractivity contribution < 1.29 is 0 Å². The Morgan fingerprint density at radius 3 is 1.79 bits per heavy atom. The number of hydrogen-bond donors (Lipinski definition) is 0. The van der Waals surface area contributed by atoms with Crippen LogP contribution in [0.2, 0.25) is 0 Å². The lowest BCUT2D eigenvalue weighted by atomic mass is 10.1. The van der Waals surface area contributed by atoms with Crippen molar-refractivity contribution in [3.8, 4) is 0 Å². The molecule has 0 fully saturated rings. The van der Waals surface area contributed by atoms with E-state index in [2.05, 4.69) is 36.4 Å². The van der Waals surface area contributed by atoms with E-state index in [1.54, 1.807) is 0 Å². The Kier molecular flexibility index (Phi) is 4.02. The third-order valence-corrected chi connectivity index (χ3v) is 4.11. The van der Waals surface area contributed by atoms with Crippen LogP contribution in [0.25, 0.3) is 0 Å². The van der Waals surface area contributed by atoms with Crippen molar-refractivity contribution in [2.45, 2.75) is 11.5 Å². The maximum atomic E-state index is 2.28. The van der Waals surface area contributed by atoms with Gasteiger partial charge >= 0.3 is 0 Å². The summed E-state index contributed by atoms with van der Waals surface area (Å²) >= 11 is 4.00. The number of hydrogen-bond acceptors (Lipinski definition) is 2. The van der Waals surface area contributed by atoms with Gasteiger partial charge in [-0.15, -0.1) is 0 Å². The lowest BCUT2D eigenvalue weighted by molar-refractivity contribution is 1.28. The Balaban J connectivity index is 2.14. The molecule has 1 aliphatic heterocycles. The van der Waals surface area contributed by atoms with Gasteiger partial charge in [-0.25, -0.2) is 0 Å². The van der Waals surface area contributed by atoms with Crippen LogP contribution in [-0.4, -0.2) is 11.5 Å². The molecule has 1 aromatic rings. The first kappa shape index (κ1) is 10.2. The Morgan fingerprint density at radius 1 is 0.786 bits per heavy atom. The molecule has 0 atom stereocenters. The minimum atomic E-state index is 1.15. The molecular weight excluding hydrogens is 208 g/mol. The van der Waals surface area contributed by atoms with Gasteiger partial charge in [0.15, 0.2) is 0 Å². The van der Waals surface area contributed by atoms with Gasteiger partial charge in [-0.05, 0) is 11.1 Å². The summed E-state index contributed by atoms with van der Waals surface area (Å²) in [5.74, 6) is 4.60. The van der Waals surface area contributed by atoms with Crippen molar-refractivity contribution in [1.82, 2.24) is 0 Å². The summed E-state index contributed by atoms with van der Waals surface area (Å²) in [5, 5.41) is 0. The van der Waals surface area contributed by atoms with Gasteiger partial charge in [0, 0.05) is 23.0 Å². The van der Waals surface area contributed by atoms with E-state index >= 15 is 0 Å². The summed E-state index contributed by atoms with van der Waals surface area (Å²) in [7, 11) is 0. The second kappa shape index (κ2) is 5.52. The average molecular weight is 222 g/mol. The van der Waals surface area contributed by atoms with E-state index in [4.69, 9.17) is 0 Å². The lowest BCUT2D eigenvalue weighted by Gasteiger charge is -2.09. The second-order valence-electron chi connectivity index (χ2n) is 3.27. The monoisotopic (exact) mass is 222 g/mol. The van der Waals surface area contributed by atoms with Crippen LogP contribution in [0, 0.1) is 0 Å². The summed E-state index contributed by atoms with van der Waals surface area (Å²) in [6.45, 7) is 0. The second-order valence-corrected chi connectivity index (χ2v) is 5.33. The van der Waals surface area contributed by atoms with E-state index in [0.29, 0.717) is 0 Å². The topological polar surface area (TPSA) is 0 Å². The van der Waals surface area contributed by atoms with Crippen molar-refractivity contribution in [2.24, 2.45) is 0 Å². The number of benzene rings is 1. The standard InChI is InChI=1S/C12H14S2/c1-2-6-12-10-14-8-4-3-7-13-9-11(12)5-1/h1-6H,7-10H2/b4-3-. The number of fused-ring (bicyclic) bond motifs is 1. The van der Waals surface area contributed by atoms with Crippen molar-refractivity contribution in [1.29, 1.82) is 0 Å². The van der Waals surface area contributed by atoms with Crippen LogP contribution >= 0.6 is 23.5 Å². The van der Waals surface area contributed by atoms with E-state index in [9.17, 15) is 0 Å². The highest BCUT2D eigenvalue weighted by atomic mass is 32.2. The minimum Gasteiger partial charge on any atom is -0.153 e. The van der Waals surface area contributed by atoms with Gasteiger partial charge in [0.25, 0.3) is 0 Å². The summed E-state index contributed by atoms with van der Waals surface area (Å²) < 4.78 is 0. The van der Waals surface area contributed by atoms with E-state index in [1.807, 2.05) is 23.5 Å². The quantitative estimate of drug-likeness (QED) is 0.614. The predicted octanol–water partition coefficient (Wildman–Crippen LogP) is 3.72. The largest absolute Gasteiger partial charge is 0.153 e. The molecular formula is C12H14S2. The first-order chi connectivity index (χ1) is 6.97. The Bertz CT molecular complexity index is 287. The molecule has 1 aliphatic rings. The van der Waals surface area contributed by atoms with Gasteiger partial charge in [-0.1, -0.05) is 36.4 Å². The van der Waals surface area contributed by atoms with E-state index in [-0.39, 0.29) is 0 Å². The van der Waals surface area contributed by atoms with E-state index in [1.165, 1.54) is 11.1 Å². The van der Waals surface area contributed by atoms with Crippen LogP contribution in [-0.2, 0) is 11.5 Å². The van der Waals surface area contributed by atoms with Crippen molar-refractivity contribution in [3.05, 3.63) is 47.5 Å². The highest BCUT2D eigenvalue weighted by Gasteiger charge is 2.02. The highest BCUT2D eigenvalue weighted by molar-refractivity contribution is 7.99. The Morgan fingerprint density at radius 2 is 1.29 bits per heavy atom. The zero-order valence-corrected chi connectivity index (χ0v) is 9.74. The van der Waals surface area contributed by atoms with E-state index in [0.717, 1.165) is 23.0 Å². The summed E-state index contributed by atoms with van der Waals surface area (Å²) in [6.07, 6.45) is 4.57. The van der Waals surface area contributed by atoms with Crippen LogP contribution in [0.4, 0.5) is 0 Å². The maximum absolute atomic E-state index is 2.28. The van der Waals surface area contributed by atoms with Gasteiger partial charge in [0.2, 0.25) is 0 Å². The molecule has 0 N–H and O–H groups in total. The zero-order chi connectivity index (χ0) is 9.64. The summed E-state index contributed by atoms with van der Waals surface area (Å²) in [4.78, 5) is 0. The molecule has 0 unspecified atom stereocenters. The van der Waals surface area contributed by atoms with Gasteiger partial charge in [0.05, 0.1) is 0 Å². The minimum absolute atomic E-state index is 1.15. The molecule has 0 bridgehead atoms. The molecule has 2 rings (SSSR count). The molecule has 2 heteroatoms. The number of thioether (sulfide) groups is 2. The third kappa shape index (κ3) is 2.82. The molecule has 0 saturated carbocycles. The molecule has 1 aromatic carbocycles. The molecule has 74 valence electrons. The first-order valence-corrected chi connectivity index (χ1v) is 7.15. The van der Waals surface area contributed by atoms with Gasteiger partial charge in [-0.2, -0.15) is 23.5 Å². The van der Waals surface area contributed by atoms with E-state index < -0.39 is 0 Å². The highest BCUT2D eigenvalue weighted by Crippen LogP contribution is 2.22. The van der Waals surface area contributed by atoms with Gasteiger partial charge in [0.1, 0.15) is 0 Å². The summed E-state index contributed by atoms with van der Waals surface area (Å²) in [6, 6.07) is 8.81. The fraction of sp³-hybridized carbons (Fsp3) is 0.333. The molecule has 14 heavy (non-hydrogen) atoms. The smallest absolute Gasteiger partial charge is 0.0190 e. The fourth-order valence-corrected chi connectivity index (χ4v) is 3.23. The Labute approximate surface area is 94.2 Å². The molecule has 0 saturated heterocycles. The van der Waals surface area contributed by atoms with Crippen LogP contribution in [0.3, 0.4) is 0 Å². The van der Waals surface area contributed by atoms with Crippen LogP contribution in [0.1, 0.15) is 11.1 Å². The SMILES string of the molecule is C1=C\CSCc2ccccc2CSC/1. The van der Waals surface area contributed by atoms with Crippen molar-refractivity contribution >= 4 is 23.5 Å². The maximum Gasteiger partial charge on any atom is 0.0190 e. The third-order valence-electron chi connectivity index (χ3n) is 2.23. The van der Waals surface area contributed by atoms with Crippen molar-refractivity contribution in [3.63, 3.8) is 0 Å². The normalized spacial score (nSPS) is 19.7. The molecule has 0 spiro atoms. The van der Waals surface area contributed by atoms with Crippen molar-refractivity contribution in [2.75, 3.05) is 11.5 Å². The molecule has 0 aliphatic carbocycles. The van der Waals surface area contributed by atoms with Gasteiger partial charge < -0.3 is 0 Å². The van der Waals surface area contributed by atoms with Gasteiger partial charge in [-0.3, -0.25) is 0 Å². The molecule has 1 heterocycles. The molecule has 0 radical (unpaired) electrons. The molecule has 0 amide bonds. The van der Waals surface area contributed by atoms with Crippen LogP contribution in [0.15, 0.2) is 36.4 Å². The fourth-order valence-electron chi connectivity index (χ4n) is 1.45. The van der Waals surface area contributed by atoms with Crippen LogP contribution < -0.4 is 0 Å². The zero-order valence-electron chi connectivity index (χ0n) is 8.11.